The van der Waals surface area contributed by atoms with Gasteiger partial charge in [-0.2, -0.15) is 5.01 Å². The van der Waals surface area contributed by atoms with Crippen molar-refractivity contribution in [3.63, 3.8) is 0 Å². The fourth-order valence-electron chi connectivity index (χ4n) is 4.20. The highest BCUT2D eigenvalue weighted by molar-refractivity contribution is 6.33. The molecule has 1 saturated carbocycles. The van der Waals surface area contributed by atoms with Crippen LogP contribution in [0.5, 0.6) is 0 Å². The number of nitrogens with zero attached hydrogens (tertiary/aromatic N) is 2. The minimum atomic E-state index is -0.905. The van der Waals surface area contributed by atoms with Gasteiger partial charge >= 0.3 is 6.03 Å². The minimum Gasteiger partial charge on any atom is -0.322 e. The van der Waals surface area contributed by atoms with Gasteiger partial charge in [0.05, 0.1) is 16.6 Å². The standard InChI is InChI=1S/C19H21ClN4O4/c20-13-6-2-3-7-14(13)23-11-12(10-15(23)25)16(26)22-24-17(27)19(21-18(24)28)8-4-1-5-9-19/h2-3,6-7,12H,1,4-5,8-11H2,(H,21,28)(H,22,26)/t12-/m1/s1. The molecule has 148 valence electrons. The molecule has 2 aliphatic heterocycles. The van der Waals surface area contributed by atoms with Crippen molar-refractivity contribution in [2.75, 3.05) is 11.4 Å². The molecule has 9 heteroatoms. The lowest BCUT2D eigenvalue weighted by Gasteiger charge is -2.30. The molecule has 2 saturated heterocycles. The second kappa shape index (κ2) is 7.09. The van der Waals surface area contributed by atoms with Crippen LogP contribution in [0.15, 0.2) is 24.3 Å². The molecular weight excluding hydrogens is 384 g/mol. The summed E-state index contributed by atoms with van der Waals surface area (Å²) in [5.74, 6) is -1.85. The maximum atomic E-state index is 12.8. The first-order valence-corrected chi connectivity index (χ1v) is 9.81. The minimum absolute atomic E-state index is 0.00809. The van der Waals surface area contributed by atoms with Crippen molar-refractivity contribution in [1.29, 1.82) is 0 Å². The Balaban J connectivity index is 1.44. The number of benzene rings is 1. The highest BCUT2D eigenvalue weighted by Crippen LogP contribution is 2.34. The van der Waals surface area contributed by atoms with Crippen molar-refractivity contribution in [2.24, 2.45) is 5.92 Å². The zero-order valence-corrected chi connectivity index (χ0v) is 16.0. The third kappa shape index (κ3) is 3.11. The lowest BCUT2D eigenvalue weighted by atomic mass is 9.82. The second-order valence-electron chi connectivity index (χ2n) is 7.55. The van der Waals surface area contributed by atoms with Gasteiger partial charge in [-0.1, -0.05) is 43.0 Å². The van der Waals surface area contributed by atoms with Crippen LogP contribution in [-0.2, 0) is 14.4 Å². The maximum Gasteiger partial charge on any atom is 0.344 e. The topological polar surface area (TPSA) is 98.8 Å². The molecule has 0 radical (unpaired) electrons. The van der Waals surface area contributed by atoms with Crippen LogP contribution in [0.25, 0.3) is 0 Å². The summed E-state index contributed by atoms with van der Waals surface area (Å²) in [5.41, 5.74) is 2.06. The molecule has 3 aliphatic rings. The van der Waals surface area contributed by atoms with E-state index in [9.17, 15) is 19.2 Å². The SMILES string of the molecule is O=C(NN1C(=O)NC2(CCCCC2)C1=O)[C@@H]1CC(=O)N(c2ccccc2Cl)C1. The van der Waals surface area contributed by atoms with Gasteiger partial charge in [0.1, 0.15) is 5.54 Å². The Morgan fingerprint density at radius 1 is 1.14 bits per heavy atom. The number of amides is 5. The molecular formula is C19H21ClN4O4. The number of anilines is 1. The number of urea groups is 1. The van der Waals surface area contributed by atoms with E-state index in [4.69, 9.17) is 11.6 Å². The maximum absolute atomic E-state index is 12.8. The predicted octanol–water partition coefficient (Wildman–Crippen LogP) is 1.98. The Morgan fingerprint density at radius 2 is 1.86 bits per heavy atom. The first-order valence-electron chi connectivity index (χ1n) is 9.43. The number of carbonyl (C=O) groups excluding carboxylic acids is 4. The first-order chi connectivity index (χ1) is 13.4. The van der Waals surface area contributed by atoms with Gasteiger partial charge in [-0.05, 0) is 25.0 Å². The molecule has 5 amide bonds. The Morgan fingerprint density at radius 3 is 2.57 bits per heavy atom. The van der Waals surface area contributed by atoms with Crippen LogP contribution >= 0.6 is 11.6 Å². The van der Waals surface area contributed by atoms with Gasteiger partial charge in [0, 0.05) is 13.0 Å². The van der Waals surface area contributed by atoms with E-state index < -0.39 is 29.3 Å². The van der Waals surface area contributed by atoms with E-state index >= 15 is 0 Å². The summed E-state index contributed by atoms with van der Waals surface area (Å²) >= 11 is 6.15. The van der Waals surface area contributed by atoms with Crippen LogP contribution < -0.4 is 15.6 Å². The van der Waals surface area contributed by atoms with Gasteiger partial charge in [-0.3, -0.25) is 19.8 Å². The average molecular weight is 405 g/mol. The normalized spacial score (nSPS) is 24.0. The zero-order valence-electron chi connectivity index (χ0n) is 15.2. The Labute approximate surface area is 167 Å². The number of halogens is 1. The molecule has 0 bridgehead atoms. The van der Waals surface area contributed by atoms with Gasteiger partial charge in [-0.15, -0.1) is 0 Å². The van der Waals surface area contributed by atoms with E-state index in [0.29, 0.717) is 23.6 Å². The number of para-hydroxylation sites is 1. The van der Waals surface area contributed by atoms with Gasteiger partial charge in [-0.25, -0.2) is 4.79 Å². The van der Waals surface area contributed by atoms with Crippen molar-refractivity contribution >= 4 is 41.0 Å². The second-order valence-corrected chi connectivity index (χ2v) is 7.95. The number of rotatable bonds is 3. The highest BCUT2D eigenvalue weighted by atomic mass is 35.5. The van der Waals surface area contributed by atoms with Gasteiger partial charge < -0.3 is 10.2 Å². The van der Waals surface area contributed by atoms with Gasteiger partial charge in [0.2, 0.25) is 11.8 Å². The van der Waals surface area contributed by atoms with Crippen LogP contribution in [0, 0.1) is 5.92 Å². The summed E-state index contributed by atoms with van der Waals surface area (Å²) in [5, 5.41) is 3.94. The highest BCUT2D eigenvalue weighted by Gasteiger charge is 2.52. The molecule has 3 fully saturated rings. The zero-order chi connectivity index (χ0) is 19.9. The summed E-state index contributed by atoms with van der Waals surface area (Å²) in [6, 6.07) is 6.29. The predicted molar refractivity (Wildman–Crippen MR) is 101 cm³/mol. The van der Waals surface area contributed by atoms with Crippen LogP contribution in [0.1, 0.15) is 38.5 Å². The molecule has 1 aliphatic carbocycles. The summed E-state index contributed by atoms with van der Waals surface area (Å²) in [7, 11) is 0. The molecule has 1 aromatic rings. The molecule has 2 N–H and O–H groups in total. The molecule has 8 nitrogen and oxygen atoms in total. The molecule has 28 heavy (non-hydrogen) atoms. The van der Waals surface area contributed by atoms with E-state index in [1.807, 2.05) is 0 Å². The Kier molecular flexibility index (Phi) is 4.74. The van der Waals surface area contributed by atoms with E-state index in [0.717, 1.165) is 24.3 Å². The summed E-state index contributed by atoms with van der Waals surface area (Å²) in [4.78, 5) is 51.6. The van der Waals surface area contributed by atoms with Crippen LogP contribution in [0.2, 0.25) is 5.02 Å². The van der Waals surface area contributed by atoms with E-state index in [2.05, 4.69) is 10.7 Å². The Hall–Kier alpha value is -2.61. The Bertz CT molecular complexity index is 852. The van der Waals surface area contributed by atoms with Crippen LogP contribution in [0.3, 0.4) is 0 Å². The smallest absolute Gasteiger partial charge is 0.322 e. The van der Waals surface area contributed by atoms with E-state index in [1.165, 1.54) is 4.90 Å². The van der Waals surface area contributed by atoms with Gasteiger partial charge in [0.25, 0.3) is 5.91 Å². The summed E-state index contributed by atoms with van der Waals surface area (Å²) in [6.45, 7) is 0.142. The van der Waals surface area contributed by atoms with Crippen LogP contribution in [0.4, 0.5) is 10.5 Å². The van der Waals surface area contributed by atoms with Crippen molar-refractivity contribution in [1.82, 2.24) is 15.8 Å². The summed E-state index contributed by atoms with van der Waals surface area (Å²) in [6.07, 6.45) is 3.89. The third-order valence-corrected chi connectivity index (χ3v) is 6.05. The monoisotopic (exact) mass is 404 g/mol. The first kappa shape index (κ1) is 18.7. The molecule has 1 atom stereocenters. The third-order valence-electron chi connectivity index (χ3n) is 5.73. The van der Waals surface area contributed by atoms with Crippen molar-refractivity contribution in [3.8, 4) is 0 Å². The molecule has 0 unspecified atom stereocenters. The number of carbonyl (C=O) groups is 4. The number of hydrogen-bond acceptors (Lipinski definition) is 4. The average Bonchev–Trinajstić information content (AvgIpc) is 3.16. The van der Waals surface area contributed by atoms with E-state index in [1.54, 1.807) is 24.3 Å². The molecule has 4 rings (SSSR count). The summed E-state index contributed by atoms with van der Waals surface area (Å²) < 4.78 is 0. The van der Waals surface area contributed by atoms with Crippen molar-refractivity contribution < 1.29 is 19.2 Å². The van der Waals surface area contributed by atoms with Crippen molar-refractivity contribution in [3.05, 3.63) is 29.3 Å². The molecule has 1 spiro atoms. The lowest BCUT2D eigenvalue weighted by molar-refractivity contribution is -0.141. The fraction of sp³-hybridized carbons (Fsp3) is 0.474. The van der Waals surface area contributed by atoms with E-state index in [-0.39, 0.29) is 18.9 Å². The molecule has 0 aromatic heterocycles. The number of hydrogen-bond donors (Lipinski definition) is 2. The number of nitrogens with one attached hydrogen (secondary N) is 2. The van der Waals surface area contributed by atoms with Crippen molar-refractivity contribution in [2.45, 2.75) is 44.1 Å². The van der Waals surface area contributed by atoms with Crippen LogP contribution in [-0.4, -0.2) is 40.8 Å². The fourth-order valence-corrected chi connectivity index (χ4v) is 4.44. The molecule has 2 heterocycles. The van der Waals surface area contributed by atoms with Gasteiger partial charge in [0.15, 0.2) is 0 Å². The molecule has 1 aromatic carbocycles. The quantitative estimate of drug-likeness (QED) is 0.752. The largest absolute Gasteiger partial charge is 0.344 e. The number of imide groups is 1. The lowest BCUT2D eigenvalue weighted by Crippen LogP contribution is -2.52. The number of hydrazine groups is 1.